The third kappa shape index (κ3) is 3.25. The summed E-state index contributed by atoms with van der Waals surface area (Å²) in [5.74, 6) is 0.986. The standard InChI is InChI=1S/C15H29N3/c1-13(14-5-6-14)16-7-9-17-10-11-18-8-3-2-4-15(18)12-17/h13-16H,2-12H2,1H3. The minimum Gasteiger partial charge on any atom is -0.313 e. The molecule has 0 amide bonds. The maximum atomic E-state index is 3.71. The number of nitrogens with zero attached hydrogens (tertiary/aromatic N) is 2. The van der Waals surface area contributed by atoms with Crippen molar-refractivity contribution in [3.8, 4) is 0 Å². The smallest absolute Gasteiger partial charge is 0.0223 e. The zero-order valence-electron chi connectivity index (χ0n) is 11.9. The minimum absolute atomic E-state index is 0.751. The van der Waals surface area contributed by atoms with Gasteiger partial charge in [-0.2, -0.15) is 0 Å². The molecule has 18 heavy (non-hydrogen) atoms. The Hall–Kier alpha value is -0.120. The number of piperidine rings is 1. The summed E-state index contributed by atoms with van der Waals surface area (Å²) in [7, 11) is 0. The van der Waals surface area contributed by atoms with Crippen molar-refractivity contribution in [3.05, 3.63) is 0 Å². The highest BCUT2D eigenvalue weighted by molar-refractivity contribution is 4.86. The fourth-order valence-electron chi connectivity index (χ4n) is 3.64. The Kier molecular flexibility index (Phi) is 4.22. The average molecular weight is 251 g/mol. The molecule has 3 nitrogen and oxygen atoms in total. The maximum Gasteiger partial charge on any atom is 0.0223 e. The number of piperazine rings is 1. The Morgan fingerprint density at radius 2 is 2.00 bits per heavy atom. The van der Waals surface area contributed by atoms with Gasteiger partial charge in [-0.15, -0.1) is 0 Å². The fraction of sp³-hybridized carbons (Fsp3) is 1.00. The van der Waals surface area contributed by atoms with Crippen LogP contribution in [0.2, 0.25) is 0 Å². The van der Waals surface area contributed by atoms with Crippen LogP contribution in [-0.4, -0.2) is 61.2 Å². The molecule has 3 fully saturated rings. The van der Waals surface area contributed by atoms with Crippen LogP contribution in [0.1, 0.15) is 39.0 Å². The van der Waals surface area contributed by atoms with Crippen molar-refractivity contribution in [3.63, 3.8) is 0 Å². The van der Waals surface area contributed by atoms with Gasteiger partial charge in [-0.05, 0) is 45.1 Å². The summed E-state index contributed by atoms with van der Waals surface area (Å²) in [4.78, 5) is 5.40. The van der Waals surface area contributed by atoms with Crippen molar-refractivity contribution in [1.82, 2.24) is 15.1 Å². The minimum atomic E-state index is 0.751. The first-order valence-electron chi connectivity index (χ1n) is 8.03. The van der Waals surface area contributed by atoms with Gasteiger partial charge in [-0.3, -0.25) is 9.80 Å². The van der Waals surface area contributed by atoms with Gasteiger partial charge in [-0.25, -0.2) is 0 Å². The normalized spacial score (nSPS) is 32.2. The Morgan fingerprint density at radius 1 is 1.11 bits per heavy atom. The zero-order valence-corrected chi connectivity index (χ0v) is 11.9. The molecular formula is C15H29N3. The van der Waals surface area contributed by atoms with Gasteiger partial charge in [-0.1, -0.05) is 6.42 Å². The molecule has 2 unspecified atom stereocenters. The molecule has 2 heterocycles. The van der Waals surface area contributed by atoms with E-state index in [1.807, 2.05) is 0 Å². The predicted molar refractivity (Wildman–Crippen MR) is 75.8 cm³/mol. The average Bonchev–Trinajstić information content (AvgIpc) is 3.23. The molecule has 0 aromatic heterocycles. The predicted octanol–water partition coefficient (Wildman–Crippen LogP) is 1.54. The number of rotatable bonds is 5. The molecule has 0 aromatic rings. The number of hydrogen-bond acceptors (Lipinski definition) is 3. The Balaban J connectivity index is 1.35. The van der Waals surface area contributed by atoms with Crippen molar-refractivity contribution < 1.29 is 0 Å². The van der Waals surface area contributed by atoms with E-state index in [4.69, 9.17) is 0 Å². The van der Waals surface area contributed by atoms with E-state index in [-0.39, 0.29) is 0 Å². The topological polar surface area (TPSA) is 18.5 Å². The van der Waals surface area contributed by atoms with E-state index in [2.05, 4.69) is 22.0 Å². The van der Waals surface area contributed by atoms with Crippen LogP contribution in [0, 0.1) is 5.92 Å². The summed E-state index contributed by atoms with van der Waals surface area (Å²) >= 11 is 0. The quantitative estimate of drug-likeness (QED) is 0.800. The van der Waals surface area contributed by atoms with Gasteiger partial charge in [0.05, 0.1) is 0 Å². The molecule has 2 aliphatic heterocycles. The summed E-state index contributed by atoms with van der Waals surface area (Å²) in [6.07, 6.45) is 7.22. The van der Waals surface area contributed by atoms with Crippen LogP contribution in [-0.2, 0) is 0 Å². The molecule has 1 N–H and O–H groups in total. The summed E-state index contributed by atoms with van der Waals surface area (Å²) in [6.45, 7) is 10.1. The van der Waals surface area contributed by atoms with Crippen LogP contribution in [0.3, 0.4) is 0 Å². The lowest BCUT2D eigenvalue weighted by Crippen LogP contribution is -2.55. The van der Waals surface area contributed by atoms with Crippen LogP contribution >= 0.6 is 0 Å². The lowest BCUT2D eigenvalue weighted by atomic mass is 9.99. The van der Waals surface area contributed by atoms with E-state index in [0.717, 1.165) is 18.0 Å². The second-order valence-electron chi connectivity index (χ2n) is 6.57. The van der Waals surface area contributed by atoms with Gasteiger partial charge in [0.15, 0.2) is 0 Å². The lowest BCUT2D eigenvalue weighted by molar-refractivity contribution is 0.0496. The molecule has 2 saturated heterocycles. The van der Waals surface area contributed by atoms with Crippen molar-refractivity contribution in [2.75, 3.05) is 39.3 Å². The van der Waals surface area contributed by atoms with Gasteiger partial charge in [0.2, 0.25) is 0 Å². The molecular weight excluding hydrogens is 222 g/mol. The van der Waals surface area contributed by atoms with Crippen LogP contribution in [0.25, 0.3) is 0 Å². The van der Waals surface area contributed by atoms with Crippen LogP contribution in [0.4, 0.5) is 0 Å². The fourth-order valence-corrected chi connectivity index (χ4v) is 3.64. The highest BCUT2D eigenvalue weighted by atomic mass is 15.3. The summed E-state index contributed by atoms with van der Waals surface area (Å²) in [6, 6.07) is 1.62. The lowest BCUT2D eigenvalue weighted by Gasteiger charge is -2.44. The number of fused-ring (bicyclic) bond motifs is 1. The third-order valence-corrected chi connectivity index (χ3v) is 5.14. The van der Waals surface area contributed by atoms with E-state index in [0.29, 0.717) is 0 Å². The van der Waals surface area contributed by atoms with Gasteiger partial charge < -0.3 is 5.32 Å². The van der Waals surface area contributed by atoms with E-state index in [1.165, 1.54) is 71.4 Å². The molecule has 0 bridgehead atoms. The first kappa shape index (κ1) is 12.9. The molecule has 0 radical (unpaired) electrons. The van der Waals surface area contributed by atoms with E-state index < -0.39 is 0 Å². The van der Waals surface area contributed by atoms with Crippen molar-refractivity contribution >= 4 is 0 Å². The van der Waals surface area contributed by atoms with Gasteiger partial charge in [0.25, 0.3) is 0 Å². The molecule has 0 spiro atoms. The Morgan fingerprint density at radius 3 is 2.83 bits per heavy atom. The first-order chi connectivity index (χ1) is 8.83. The van der Waals surface area contributed by atoms with E-state index in [1.54, 1.807) is 0 Å². The Labute approximate surface area is 112 Å². The molecule has 1 saturated carbocycles. The second kappa shape index (κ2) is 5.89. The molecule has 3 aliphatic rings. The summed E-state index contributed by atoms with van der Waals surface area (Å²) in [5, 5.41) is 3.71. The highest BCUT2D eigenvalue weighted by Gasteiger charge is 2.29. The van der Waals surface area contributed by atoms with Crippen molar-refractivity contribution in [1.29, 1.82) is 0 Å². The Bertz CT molecular complexity index is 264. The molecule has 3 heteroatoms. The van der Waals surface area contributed by atoms with Gasteiger partial charge >= 0.3 is 0 Å². The molecule has 0 aromatic carbocycles. The summed E-state index contributed by atoms with van der Waals surface area (Å²) in [5.41, 5.74) is 0. The van der Waals surface area contributed by atoms with Crippen LogP contribution in [0.15, 0.2) is 0 Å². The van der Waals surface area contributed by atoms with Gasteiger partial charge in [0.1, 0.15) is 0 Å². The van der Waals surface area contributed by atoms with Gasteiger partial charge in [0, 0.05) is 44.8 Å². The van der Waals surface area contributed by atoms with E-state index >= 15 is 0 Å². The molecule has 1 aliphatic carbocycles. The first-order valence-corrected chi connectivity index (χ1v) is 8.03. The molecule has 104 valence electrons. The SMILES string of the molecule is CC(NCCN1CCN2CCCCC2C1)C1CC1. The third-order valence-electron chi connectivity index (χ3n) is 5.14. The monoisotopic (exact) mass is 251 g/mol. The maximum absolute atomic E-state index is 3.71. The van der Waals surface area contributed by atoms with Crippen LogP contribution < -0.4 is 5.32 Å². The number of nitrogens with one attached hydrogen (secondary N) is 1. The van der Waals surface area contributed by atoms with Crippen molar-refractivity contribution in [2.45, 2.75) is 51.1 Å². The van der Waals surface area contributed by atoms with Crippen LogP contribution in [0.5, 0.6) is 0 Å². The molecule has 3 rings (SSSR count). The highest BCUT2D eigenvalue weighted by Crippen LogP contribution is 2.32. The molecule has 2 atom stereocenters. The largest absolute Gasteiger partial charge is 0.313 e. The zero-order chi connectivity index (χ0) is 12.4. The second-order valence-corrected chi connectivity index (χ2v) is 6.57. The summed E-state index contributed by atoms with van der Waals surface area (Å²) < 4.78 is 0. The number of hydrogen-bond donors (Lipinski definition) is 1. The van der Waals surface area contributed by atoms with E-state index in [9.17, 15) is 0 Å². The van der Waals surface area contributed by atoms with Crippen molar-refractivity contribution in [2.24, 2.45) is 5.92 Å².